The largest absolute Gasteiger partial charge is 0.268 e. The van der Waals surface area contributed by atoms with Crippen LogP contribution in [0.1, 0.15) is 11.3 Å². The van der Waals surface area contributed by atoms with E-state index >= 15 is 0 Å². The second kappa shape index (κ2) is 6.62. The monoisotopic (exact) mass is 268 g/mol. The number of benzene rings is 1. The van der Waals surface area contributed by atoms with Gasteiger partial charge in [0.15, 0.2) is 0 Å². The summed E-state index contributed by atoms with van der Waals surface area (Å²) in [6.45, 7) is 0. The van der Waals surface area contributed by atoms with Crippen LogP contribution < -0.4 is 5.56 Å². The molecule has 1 heterocycles. The first-order valence-electron chi connectivity index (χ1n) is 5.68. The lowest BCUT2D eigenvalue weighted by Crippen LogP contribution is -2.05. The highest BCUT2D eigenvalue weighted by Crippen LogP contribution is 2.19. The fraction of sp³-hybridized carbons (Fsp3) is 0.0667. The fourth-order valence-electron chi connectivity index (χ4n) is 1.46. The Hall–Kier alpha value is -2.25. The number of rotatable bonds is 4. The Bertz CT molecular complexity index is 663. The average molecular weight is 268 g/mol. The molecule has 1 aromatic heterocycles. The molecule has 0 atom stereocenters. The maximum absolute atomic E-state index is 10.9. The molecule has 0 amide bonds. The molecule has 0 spiro atoms. The summed E-state index contributed by atoms with van der Waals surface area (Å²) < 4.78 is 0. The minimum Gasteiger partial charge on any atom is -0.268 e. The number of thioether (sulfide) groups is 1. The van der Waals surface area contributed by atoms with Crippen molar-refractivity contribution >= 4 is 23.9 Å². The average Bonchev–Trinajstić information content (AvgIpc) is 2.45. The molecule has 2 rings (SSSR count). The van der Waals surface area contributed by atoms with E-state index in [9.17, 15) is 4.79 Å². The first kappa shape index (κ1) is 13.2. The molecule has 94 valence electrons. The molecular weight excluding hydrogens is 256 g/mol. The van der Waals surface area contributed by atoms with Crippen molar-refractivity contribution < 1.29 is 0 Å². The zero-order valence-corrected chi connectivity index (χ0v) is 11.0. The Morgan fingerprint density at radius 2 is 2.21 bits per heavy atom. The quantitative estimate of drug-likeness (QED) is 0.685. The van der Waals surface area contributed by atoms with Gasteiger partial charge in [-0.15, -0.1) is 18.2 Å². The molecule has 4 heteroatoms. The van der Waals surface area contributed by atoms with Crippen LogP contribution in [0.5, 0.6) is 0 Å². The normalized spacial score (nSPS) is 10.5. The summed E-state index contributed by atoms with van der Waals surface area (Å²) in [7, 11) is 0. The summed E-state index contributed by atoms with van der Waals surface area (Å²) in [5, 5.41) is 6.30. The second-order valence-corrected chi connectivity index (χ2v) is 4.79. The van der Waals surface area contributed by atoms with Crippen LogP contribution in [0.15, 0.2) is 46.1 Å². The lowest BCUT2D eigenvalue weighted by Gasteiger charge is -1.99. The van der Waals surface area contributed by atoms with Crippen molar-refractivity contribution in [3.63, 3.8) is 0 Å². The smallest absolute Gasteiger partial charge is 0.264 e. The van der Waals surface area contributed by atoms with Gasteiger partial charge < -0.3 is 0 Å². The lowest BCUT2D eigenvalue weighted by atomic mass is 10.2. The first-order chi connectivity index (χ1) is 9.28. The number of terminal acetylenes is 1. The second-order valence-electron chi connectivity index (χ2n) is 3.74. The van der Waals surface area contributed by atoms with Gasteiger partial charge in [0.1, 0.15) is 0 Å². The van der Waals surface area contributed by atoms with E-state index in [0.29, 0.717) is 11.4 Å². The Morgan fingerprint density at radius 3 is 2.95 bits per heavy atom. The van der Waals surface area contributed by atoms with E-state index in [1.54, 1.807) is 17.8 Å². The van der Waals surface area contributed by atoms with Crippen LogP contribution in [0.3, 0.4) is 0 Å². The molecule has 1 N–H and O–H groups in total. The molecule has 0 unspecified atom stereocenters. The molecule has 0 aliphatic heterocycles. The summed E-state index contributed by atoms with van der Waals surface area (Å²) in [6.07, 6.45) is 9.03. The Kier molecular flexibility index (Phi) is 4.60. The highest BCUT2D eigenvalue weighted by Gasteiger charge is 1.94. The van der Waals surface area contributed by atoms with Gasteiger partial charge in [0.25, 0.3) is 5.56 Å². The van der Waals surface area contributed by atoms with Crippen molar-refractivity contribution in [3.8, 4) is 12.3 Å². The molecule has 0 bridgehead atoms. The number of aromatic nitrogens is 2. The van der Waals surface area contributed by atoms with Crippen LogP contribution in [-0.4, -0.2) is 16.0 Å². The fourth-order valence-corrected chi connectivity index (χ4v) is 2.11. The van der Waals surface area contributed by atoms with Crippen LogP contribution in [0, 0.1) is 12.3 Å². The summed E-state index contributed by atoms with van der Waals surface area (Å²) in [6, 6.07) is 11.2. The molecule has 0 aliphatic carbocycles. The Labute approximate surface area is 115 Å². The third-order valence-corrected chi connectivity index (χ3v) is 3.23. The van der Waals surface area contributed by atoms with Crippen molar-refractivity contribution in [2.24, 2.45) is 0 Å². The molecule has 2 aromatic rings. The van der Waals surface area contributed by atoms with E-state index in [2.05, 4.69) is 22.2 Å². The van der Waals surface area contributed by atoms with Crippen molar-refractivity contribution in [2.45, 2.75) is 4.90 Å². The molecule has 0 aliphatic rings. The molecule has 0 radical (unpaired) electrons. The van der Waals surface area contributed by atoms with E-state index < -0.39 is 0 Å². The van der Waals surface area contributed by atoms with Crippen LogP contribution in [0.4, 0.5) is 0 Å². The molecule has 3 nitrogen and oxygen atoms in total. The summed E-state index contributed by atoms with van der Waals surface area (Å²) >= 11 is 1.63. The van der Waals surface area contributed by atoms with Gasteiger partial charge in [-0.25, -0.2) is 5.10 Å². The van der Waals surface area contributed by atoms with Gasteiger partial charge >= 0.3 is 0 Å². The predicted molar refractivity (Wildman–Crippen MR) is 79.8 cm³/mol. The summed E-state index contributed by atoms with van der Waals surface area (Å²) in [5.74, 6) is 3.26. The zero-order chi connectivity index (χ0) is 13.5. The number of hydrogen-bond acceptors (Lipinski definition) is 3. The molecule has 19 heavy (non-hydrogen) atoms. The Morgan fingerprint density at radius 1 is 1.32 bits per heavy atom. The minimum atomic E-state index is -0.204. The predicted octanol–water partition coefficient (Wildman–Crippen LogP) is 2.67. The number of aromatic amines is 1. The van der Waals surface area contributed by atoms with Gasteiger partial charge in [-0.05, 0) is 29.8 Å². The van der Waals surface area contributed by atoms with Gasteiger partial charge in [-0.2, -0.15) is 5.10 Å². The van der Waals surface area contributed by atoms with Gasteiger partial charge in [0.05, 0.1) is 11.4 Å². The maximum atomic E-state index is 10.9. The van der Waals surface area contributed by atoms with E-state index in [4.69, 9.17) is 6.42 Å². The summed E-state index contributed by atoms with van der Waals surface area (Å²) in [4.78, 5) is 12.0. The Balaban J connectivity index is 2.12. The SMILES string of the molecule is C#CCSc1cccc(/C=C/c2ccc(=O)[nH]n2)c1. The topological polar surface area (TPSA) is 45.8 Å². The van der Waals surface area contributed by atoms with Gasteiger partial charge in [0, 0.05) is 11.0 Å². The molecule has 0 saturated heterocycles. The van der Waals surface area contributed by atoms with Crippen LogP contribution in [0.25, 0.3) is 12.2 Å². The van der Waals surface area contributed by atoms with Gasteiger partial charge in [-0.1, -0.05) is 24.1 Å². The molecule has 0 fully saturated rings. The number of nitrogens with one attached hydrogen (secondary N) is 1. The third kappa shape index (κ3) is 4.16. The minimum absolute atomic E-state index is 0.204. The lowest BCUT2D eigenvalue weighted by molar-refractivity contribution is 0.977. The number of H-pyrrole nitrogens is 1. The van der Waals surface area contributed by atoms with Gasteiger partial charge in [0.2, 0.25) is 0 Å². The van der Waals surface area contributed by atoms with Crippen LogP contribution in [0.2, 0.25) is 0 Å². The molecule has 1 aromatic carbocycles. The van der Waals surface area contributed by atoms with Gasteiger partial charge in [-0.3, -0.25) is 4.79 Å². The first-order valence-corrected chi connectivity index (χ1v) is 6.66. The van der Waals surface area contributed by atoms with E-state index in [-0.39, 0.29) is 5.56 Å². The van der Waals surface area contributed by atoms with Crippen molar-refractivity contribution in [2.75, 3.05) is 5.75 Å². The maximum Gasteiger partial charge on any atom is 0.264 e. The highest BCUT2D eigenvalue weighted by molar-refractivity contribution is 7.99. The van der Waals surface area contributed by atoms with Crippen molar-refractivity contribution in [1.82, 2.24) is 10.2 Å². The van der Waals surface area contributed by atoms with Crippen molar-refractivity contribution in [3.05, 3.63) is 58.0 Å². The molecular formula is C15H12N2OS. The van der Waals surface area contributed by atoms with Crippen LogP contribution in [-0.2, 0) is 0 Å². The number of hydrogen-bond donors (Lipinski definition) is 1. The standard InChI is InChI=1S/C15H12N2OS/c1-2-10-19-14-5-3-4-12(11-14)6-7-13-8-9-15(18)17-16-13/h1,3-9,11H,10H2,(H,17,18)/b7-6+. The van der Waals surface area contributed by atoms with Crippen molar-refractivity contribution in [1.29, 1.82) is 0 Å². The van der Waals surface area contributed by atoms with E-state index in [1.807, 2.05) is 30.4 Å². The molecule has 0 saturated carbocycles. The highest BCUT2D eigenvalue weighted by atomic mass is 32.2. The van der Waals surface area contributed by atoms with Crippen LogP contribution >= 0.6 is 11.8 Å². The zero-order valence-electron chi connectivity index (χ0n) is 10.2. The van der Waals surface area contributed by atoms with E-state index in [1.165, 1.54) is 6.07 Å². The summed E-state index contributed by atoms with van der Waals surface area (Å²) in [5.41, 5.74) is 1.57. The van der Waals surface area contributed by atoms with E-state index in [0.717, 1.165) is 10.5 Å². The third-order valence-electron chi connectivity index (χ3n) is 2.33. The number of nitrogens with zero attached hydrogens (tertiary/aromatic N) is 1.